The number of nitrogens with zero attached hydrogens (tertiary/aromatic N) is 2. The van der Waals surface area contributed by atoms with E-state index in [9.17, 15) is 4.79 Å². The number of hydrogen-bond acceptors (Lipinski definition) is 3. The van der Waals surface area contributed by atoms with E-state index in [2.05, 4.69) is 9.97 Å². The summed E-state index contributed by atoms with van der Waals surface area (Å²) in [4.78, 5) is 19.0. The van der Waals surface area contributed by atoms with Gasteiger partial charge in [-0.05, 0) is 37.1 Å². The summed E-state index contributed by atoms with van der Waals surface area (Å²) in [6, 6.07) is 3.89. The Kier molecular flexibility index (Phi) is 2.56. The van der Waals surface area contributed by atoms with Crippen molar-refractivity contribution in [3.8, 4) is 0 Å². The molecule has 0 aliphatic rings. The van der Waals surface area contributed by atoms with Crippen LogP contribution >= 0.6 is 0 Å². The molecule has 0 bridgehead atoms. The van der Waals surface area contributed by atoms with E-state index in [0.717, 1.165) is 22.2 Å². The zero-order valence-corrected chi connectivity index (χ0v) is 9.19. The minimum absolute atomic E-state index is 0.0874. The Labute approximate surface area is 93.0 Å². The van der Waals surface area contributed by atoms with Crippen molar-refractivity contribution in [1.82, 2.24) is 9.97 Å². The van der Waals surface area contributed by atoms with Gasteiger partial charge in [0.05, 0.1) is 23.1 Å². The van der Waals surface area contributed by atoms with Crippen LogP contribution in [0.2, 0.25) is 0 Å². The average molecular weight is 216 g/mol. The van der Waals surface area contributed by atoms with Gasteiger partial charge in [-0.2, -0.15) is 0 Å². The van der Waals surface area contributed by atoms with Crippen LogP contribution in [0.3, 0.4) is 0 Å². The zero-order valence-electron chi connectivity index (χ0n) is 9.19. The van der Waals surface area contributed by atoms with Crippen molar-refractivity contribution >= 4 is 17.0 Å². The molecular weight excluding hydrogens is 204 g/mol. The molecule has 1 N–H and O–H groups in total. The SMILES string of the molecule is Cc1cc2ncc(CC(=O)O)nc2cc1C. The number of aliphatic carboxylic acids is 1. The predicted octanol–water partition coefficient (Wildman–Crippen LogP) is 1.87. The minimum Gasteiger partial charge on any atom is -0.481 e. The molecule has 1 heterocycles. The van der Waals surface area contributed by atoms with Crippen LogP contribution in [0.1, 0.15) is 16.8 Å². The number of rotatable bonds is 2. The average Bonchev–Trinajstić information content (AvgIpc) is 2.19. The molecule has 0 fully saturated rings. The molecule has 0 amide bonds. The number of carbonyl (C=O) groups is 1. The van der Waals surface area contributed by atoms with E-state index in [4.69, 9.17) is 5.11 Å². The number of carboxylic acids is 1. The fraction of sp³-hybridized carbons (Fsp3) is 0.250. The fourth-order valence-corrected chi connectivity index (χ4v) is 1.55. The first kappa shape index (κ1) is 10.5. The van der Waals surface area contributed by atoms with E-state index >= 15 is 0 Å². The first-order valence-electron chi connectivity index (χ1n) is 5.01. The maximum absolute atomic E-state index is 10.6. The maximum Gasteiger partial charge on any atom is 0.309 e. The van der Waals surface area contributed by atoms with Crippen LogP contribution in [0.25, 0.3) is 11.0 Å². The lowest BCUT2D eigenvalue weighted by molar-refractivity contribution is -0.136. The van der Waals surface area contributed by atoms with Crippen molar-refractivity contribution in [2.45, 2.75) is 20.3 Å². The second-order valence-electron chi connectivity index (χ2n) is 3.86. The molecule has 0 saturated carbocycles. The molecule has 16 heavy (non-hydrogen) atoms. The first-order chi connectivity index (χ1) is 7.56. The number of aromatic nitrogens is 2. The van der Waals surface area contributed by atoms with Crippen LogP contribution in [0.4, 0.5) is 0 Å². The summed E-state index contributed by atoms with van der Waals surface area (Å²) in [5.74, 6) is -0.891. The normalized spacial score (nSPS) is 10.6. The Morgan fingerprint density at radius 3 is 2.50 bits per heavy atom. The number of carboxylic acid groups (broad SMARTS) is 1. The highest BCUT2D eigenvalue weighted by atomic mass is 16.4. The van der Waals surface area contributed by atoms with Crippen molar-refractivity contribution < 1.29 is 9.90 Å². The Morgan fingerprint density at radius 1 is 1.25 bits per heavy atom. The van der Waals surface area contributed by atoms with E-state index in [0.29, 0.717) is 5.69 Å². The van der Waals surface area contributed by atoms with Gasteiger partial charge in [-0.1, -0.05) is 0 Å². The van der Waals surface area contributed by atoms with Crippen molar-refractivity contribution in [2.75, 3.05) is 0 Å². The molecule has 0 spiro atoms. The summed E-state index contributed by atoms with van der Waals surface area (Å²) in [5, 5.41) is 8.67. The molecule has 0 aliphatic carbocycles. The number of fused-ring (bicyclic) bond motifs is 1. The highest BCUT2D eigenvalue weighted by molar-refractivity contribution is 5.77. The van der Waals surface area contributed by atoms with Crippen LogP contribution in [-0.2, 0) is 11.2 Å². The number of hydrogen-bond donors (Lipinski definition) is 1. The monoisotopic (exact) mass is 216 g/mol. The zero-order chi connectivity index (χ0) is 11.7. The van der Waals surface area contributed by atoms with Gasteiger partial charge >= 0.3 is 5.97 Å². The molecule has 2 aromatic rings. The third-order valence-corrected chi connectivity index (χ3v) is 2.54. The molecule has 0 radical (unpaired) electrons. The third kappa shape index (κ3) is 2.00. The van der Waals surface area contributed by atoms with E-state index in [1.54, 1.807) is 0 Å². The van der Waals surface area contributed by atoms with Gasteiger partial charge in [0.15, 0.2) is 0 Å². The van der Waals surface area contributed by atoms with Gasteiger partial charge in [0.1, 0.15) is 0 Å². The van der Waals surface area contributed by atoms with E-state index < -0.39 is 5.97 Å². The molecule has 0 saturated heterocycles. The molecule has 4 heteroatoms. The third-order valence-electron chi connectivity index (χ3n) is 2.54. The Hall–Kier alpha value is -1.97. The van der Waals surface area contributed by atoms with E-state index in [1.807, 2.05) is 26.0 Å². The summed E-state index contributed by atoms with van der Waals surface area (Å²) >= 11 is 0. The Balaban J connectivity index is 2.53. The van der Waals surface area contributed by atoms with Crippen molar-refractivity contribution in [3.63, 3.8) is 0 Å². The summed E-state index contributed by atoms with van der Waals surface area (Å²) in [6.07, 6.45) is 1.43. The summed E-state index contributed by atoms with van der Waals surface area (Å²) in [5.41, 5.74) is 4.34. The van der Waals surface area contributed by atoms with Crippen molar-refractivity contribution in [1.29, 1.82) is 0 Å². The fourth-order valence-electron chi connectivity index (χ4n) is 1.55. The van der Waals surface area contributed by atoms with Crippen molar-refractivity contribution in [2.24, 2.45) is 0 Å². The second kappa shape index (κ2) is 3.89. The summed E-state index contributed by atoms with van der Waals surface area (Å²) in [7, 11) is 0. The number of aryl methyl sites for hydroxylation is 2. The molecule has 1 aromatic heterocycles. The number of benzene rings is 1. The Bertz CT molecular complexity index is 564. The summed E-state index contributed by atoms with van der Waals surface area (Å²) < 4.78 is 0. The highest BCUT2D eigenvalue weighted by Gasteiger charge is 2.05. The van der Waals surface area contributed by atoms with Gasteiger partial charge in [0, 0.05) is 6.20 Å². The predicted molar refractivity (Wildman–Crippen MR) is 60.4 cm³/mol. The van der Waals surface area contributed by atoms with Crippen LogP contribution in [-0.4, -0.2) is 21.0 Å². The van der Waals surface area contributed by atoms with Crippen LogP contribution in [0.15, 0.2) is 18.3 Å². The van der Waals surface area contributed by atoms with Crippen molar-refractivity contribution in [3.05, 3.63) is 35.2 Å². The summed E-state index contributed by atoms with van der Waals surface area (Å²) in [6.45, 7) is 4.02. The van der Waals surface area contributed by atoms with Gasteiger partial charge in [-0.25, -0.2) is 4.98 Å². The molecule has 0 atom stereocenters. The lowest BCUT2D eigenvalue weighted by atomic mass is 10.1. The Morgan fingerprint density at radius 2 is 1.88 bits per heavy atom. The topological polar surface area (TPSA) is 63.1 Å². The first-order valence-corrected chi connectivity index (χ1v) is 5.01. The molecule has 1 aromatic carbocycles. The smallest absolute Gasteiger partial charge is 0.309 e. The van der Waals surface area contributed by atoms with E-state index in [1.165, 1.54) is 6.20 Å². The van der Waals surface area contributed by atoms with Gasteiger partial charge in [-0.15, -0.1) is 0 Å². The highest BCUT2D eigenvalue weighted by Crippen LogP contribution is 2.16. The van der Waals surface area contributed by atoms with Crippen LogP contribution in [0.5, 0.6) is 0 Å². The lowest BCUT2D eigenvalue weighted by Crippen LogP contribution is -2.03. The molecule has 0 aliphatic heterocycles. The standard InChI is InChI=1S/C12H12N2O2/c1-7-3-10-11(4-8(7)2)14-9(6-13-10)5-12(15)16/h3-4,6H,5H2,1-2H3,(H,15,16). The lowest BCUT2D eigenvalue weighted by Gasteiger charge is -2.03. The maximum atomic E-state index is 10.6. The van der Waals surface area contributed by atoms with Gasteiger partial charge < -0.3 is 5.11 Å². The largest absolute Gasteiger partial charge is 0.481 e. The molecule has 0 unspecified atom stereocenters. The minimum atomic E-state index is -0.891. The molecular formula is C12H12N2O2. The van der Waals surface area contributed by atoms with Crippen LogP contribution in [0, 0.1) is 13.8 Å². The molecule has 82 valence electrons. The van der Waals surface area contributed by atoms with E-state index in [-0.39, 0.29) is 6.42 Å². The molecule has 2 rings (SSSR count). The van der Waals surface area contributed by atoms with Crippen LogP contribution < -0.4 is 0 Å². The quantitative estimate of drug-likeness (QED) is 0.832. The van der Waals surface area contributed by atoms with Gasteiger partial charge in [0.2, 0.25) is 0 Å². The van der Waals surface area contributed by atoms with Gasteiger partial charge in [-0.3, -0.25) is 9.78 Å². The van der Waals surface area contributed by atoms with Gasteiger partial charge in [0.25, 0.3) is 0 Å². The molecule has 4 nitrogen and oxygen atoms in total. The second-order valence-corrected chi connectivity index (χ2v) is 3.86.